The highest BCUT2D eigenvalue weighted by atomic mass is 32.2. The van der Waals surface area contributed by atoms with Gasteiger partial charge >= 0.3 is 12.4 Å². The van der Waals surface area contributed by atoms with Crippen LogP contribution in [0, 0.1) is 6.92 Å². The third-order valence-corrected chi connectivity index (χ3v) is 8.27. The molecule has 2 heterocycles. The first kappa shape index (κ1) is 32.5. The van der Waals surface area contributed by atoms with E-state index in [9.17, 15) is 22.8 Å². The summed E-state index contributed by atoms with van der Waals surface area (Å²) in [6.45, 7) is 9.79. The van der Waals surface area contributed by atoms with Gasteiger partial charge in [0.25, 0.3) is 0 Å². The lowest BCUT2D eigenvalue weighted by Crippen LogP contribution is -2.32. The smallest absolute Gasteiger partial charge is 0.406 e. The molecule has 1 aliphatic heterocycles. The van der Waals surface area contributed by atoms with Crippen LogP contribution in [0.25, 0.3) is 22.6 Å². The summed E-state index contributed by atoms with van der Waals surface area (Å²) >= 11 is 1.23. The summed E-state index contributed by atoms with van der Waals surface area (Å²) in [5.74, 6) is 0.352. The molecule has 1 fully saturated rings. The number of amides is 3. The number of alkyl halides is 3. The minimum atomic E-state index is -4.77. The first-order valence-corrected chi connectivity index (χ1v) is 15.3. The van der Waals surface area contributed by atoms with E-state index in [0.717, 1.165) is 33.5 Å². The molecule has 0 aliphatic carbocycles. The number of carbonyl (C=O) groups excluding carboxylic acids is 2. The molecular formula is C33H31F3N6O3S. The third-order valence-electron chi connectivity index (χ3n) is 7.34. The number of aromatic nitrogens is 3. The second-order valence-electron chi connectivity index (χ2n) is 10.9. The van der Waals surface area contributed by atoms with Crippen molar-refractivity contribution >= 4 is 40.1 Å². The average molecular weight is 649 g/mol. The van der Waals surface area contributed by atoms with Crippen molar-refractivity contribution < 1.29 is 27.5 Å². The summed E-state index contributed by atoms with van der Waals surface area (Å²) in [4.78, 5) is 36.0. The Labute approximate surface area is 268 Å². The Kier molecular flexibility index (Phi) is 9.33. The van der Waals surface area contributed by atoms with Crippen molar-refractivity contribution in [1.82, 2.24) is 20.1 Å². The summed E-state index contributed by atoms with van der Waals surface area (Å²) in [6.07, 6.45) is -3.30. The number of urea groups is 1. The van der Waals surface area contributed by atoms with Crippen LogP contribution < -0.4 is 15.0 Å². The Hall–Kier alpha value is -4.91. The van der Waals surface area contributed by atoms with E-state index in [0.29, 0.717) is 22.4 Å². The van der Waals surface area contributed by atoms with Gasteiger partial charge in [-0.15, -0.1) is 18.3 Å². The van der Waals surface area contributed by atoms with Crippen molar-refractivity contribution in [2.75, 3.05) is 10.7 Å². The Morgan fingerprint density at radius 1 is 1.04 bits per heavy atom. The van der Waals surface area contributed by atoms with Crippen molar-refractivity contribution in [1.29, 1.82) is 0 Å². The number of hydrogen-bond acceptors (Lipinski definition) is 6. The van der Waals surface area contributed by atoms with Crippen molar-refractivity contribution in [3.63, 3.8) is 0 Å². The van der Waals surface area contributed by atoms with Crippen LogP contribution >= 0.6 is 11.8 Å². The zero-order valence-electron chi connectivity index (χ0n) is 25.7. The molecule has 1 saturated heterocycles. The summed E-state index contributed by atoms with van der Waals surface area (Å²) in [5.41, 5.74) is 6.35. The first-order chi connectivity index (χ1) is 21.8. The largest absolute Gasteiger partial charge is 0.573 e. The van der Waals surface area contributed by atoms with Gasteiger partial charge < -0.3 is 10.1 Å². The highest BCUT2D eigenvalue weighted by molar-refractivity contribution is 8.15. The molecule has 238 valence electrons. The van der Waals surface area contributed by atoms with Gasteiger partial charge in [-0.3, -0.25) is 9.69 Å². The van der Waals surface area contributed by atoms with E-state index in [1.165, 1.54) is 51.9 Å². The number of aryl methyl sites for hydroxylation is 1. The molecule has 0 atom stereocenters. The lowest BCUT2D eigenvalue weighted by atomic mass is 9.95. The molecule has 0 unspecified atom stereocenters. The van der Waals surface area contributed by atoms with Crippen molar-refractivity contribution in [2.24, 2.45) is 4.99 Å². The molecule has 1 aromatic heterocycles. The normalized spacial score (nSPS) is 15.0. The van der Waals surface area contributed by atoms with Gasteiger partial charge in [-0.05, 0) is 79.3 Å². The minimum absolute atomic E-state index is 0.125. The summed E-state index contributed by atoms with van der Waals surface area (Å²) in [7, 11) is 0. The standard InChI is InChI=1S/C33H31F3N6O3S/c1-19(2)29-20(3)7-6-8-27(29)42-28(43)17-46-32(42)39-31(44)38-22(5)21(4)23-9-11-24(12-10-23)30-37-18-41(40-30)25-13-15-26(16-14-25)45-33(34,35)36/h6-16,18-19H,17H2,1-5H3,(H,38,44)/b22-21+,39-32?. The molecule has 4 aromatic rings. The van der Waals surface area contributed by atoms with E-state index in [4.69, 9.17) is 0 Å². The Bertz CT molecular complexity index is 1830. The third kappa shape index (κ3) is 7.31. The first-order valence-electron chi connectivity index (χ1n) is 14.3. The van der Waals surface area contributed by atoms with Gasteiger partial charge in [0.2, 0.25) is 5.91 Å². The fourth-order valence-electron chi connectivity index (χ4n) is 5.07. The van der Waals surface area contributed by atoms with E-state index in [1.807, 2.05) is 56.3 Å². The highest BCUT2D eigenvalue weighted by Crippen LogP contribution is 2.35. The van der Waals surface area contributed by atoms with Gasteiger partial charge in [-0.2, -0.15) is 4.99 Å². The van der Waals surface area contributed by atoms with Gasteiger partial charge in [-0.1, -0.05) is 62.0 Å². The Morgan fingerprint density at radius 3 is 2.39 bits per heavy atom. The zero-order valence-corrected chi connectivity index (χ0v) is 26.5. The van der Waals surface area contributed by atoms with E-state index in [2.05, 4.69) is 39.0 Å². The second-order valence-corrected chi connectivity index (χ2v) is 11.8. The summed E-state index contributed by atoms with van der Waals surface area (Å²) in [6, 6.07) is 17.9. The molecule has 1 aliphatic rings. The monoisotopic (exact) mass is 648 g/mol. The lowest BCUT2D eigenvalue weighted by molar-refractivity contribution is -0.274. The number of allylic oxidation sites excluding steroid dienone is 2. The maximum Gasteiger partial charge on any atom is 0.573 e. The minimum Gasteiger partial charge on any atom is -0.406 e. The summed E-state index contributed by atoms with van der Waals surface area (Å²) < 4.78 is 42.7. The molecule has 0 bridgehead atoms. The number of nitrogens with one attached hydrogen (secondary N) is 1. The van der Waals surface area contributed by atoms with Gasteiger partial charge in [0.15, 0.2) is 11.0 Å². The molecule has 5 rings (SSSR count). The number of amidine groups is 1. The predicted octanol–water partition coefficient (Wildman–Crippen LogP) is 7.86. The number of rotatable bonds is 7. The van der Waals surface area contributed by atoms with E-state index in [1.54, 1.807) is 6.92 Å². The number of hydrogen-bond donors (Lipinski definition) is 1. The SMILES string of the molecule is C/C(NC(=O)N=C1SCC(=O)N1c1cccc(C)c1C(C)C)=C(/C)c1ccc(-c2ncn(-c3ccc(OC(F)(F)F)cc3)n2)cc1. The number of carbonyl (C=O) groups is 2. The molecule has 46 heavy (non-hydrogen) atoms. The molecule has 13 heteroatoms. The van der Waals surface area contributed by atoms with Crippen LogP contribution in [0.4, 0.5) is 23.7 Å². The number of halogens is 3. The number of ether oxygens (including phenoxy) is 1. The quantitative estimate of drug-likeness (QED) is 0.219. The number of nitrogens with zero attached hydrogens (tertiary/aromatic N) is 5. The molecular weight excluding hydrogens is 617 g/mol. The van der Waals surface area contributed by atoms with Crippen molar-refractivity contribution in [2.45, 2.75) is 46.9 Å². The topological polar surface area (TPSA) is 102 Å². The predicted molar refractivity (Wildman–Crippen MR) is 173 cm³/mol. The van der Waals surface area contributed by atoms with Gasteiger partial charge in [0.05, 0.1) is 17.1 Å². The van der Waals surface area contributed by atoms with Crippen LogP contribution in [0.2, 0.25) is 0 Å². The van der Waals surface area contributed by atoms with Crippen LogP contribution in [-0.2, 0) is 4.79 Å². The van der Waals surface area contributed by atoms with Gasteiger partial charge in [-0.25, -0.2) is 14.5 Å². The Balaban J connectivity index is 1.28. The maximum atomic E-state index is 13.0. The van der Waals surface area contributed by atoms with Crippen molar-refractivity contribution in [3.8, 4) is 22.8 Å². The average Bonchev–Trinajstić information content (AvgIpc) is 3.63. The number of thioether (sulfide) groups is 1. The molecule has 0 radical (unpaired) electrons. The van der Waals surface area contributed by atoms with E-state index >= 15 is 0 Å². The van der Waals surface area contributed by atoms with E-state index in [-0.39, 0.29) is 23.3 Å². The van der Waals surface area contributed by atoms with Gasteiger partial charge in [0, 0.05) is 11.3 Å². The molecule has 3 aromatic carbocycles. The number of benzene rings is 3. The summed E-state index contributed by atoms with van der Waals surface area (Å²) in [5, 5.41) is 7.60. The number of aliphatic imine (C=N–C) groups is 1. The Morgan fingerprint density at radius 2 is 1.74 bits per heavy atom. The second kappa shape index (κ2) is 13.2. The highest BCUT2D eigenvalue weighted by Gasteiger charge is 2.33. The van der Waals surface area contributed by atoms with Crippen molar-refractivity contribution in [3.05, 3.63) is 95.4 Å². The molecule has 0 saturated carbocycles. The molecule has 3 amide bonds. The fourth-order valence-corrected chi connectivity index (χ4v) is 5.93. The van der Waals surface area contributed by atoms with Crippen LogP contribution in [0.3, 0.4) is 0 Å². The van der Waals surface area contributed by atoms with Crippen LogP contribution in [-0.4, -0.2) is 44.0 Å². The van der Waals surface area contributed by atoms with Crippen LogP contribution in [0.5, 0.6) is 5.75 Å². The number of anilines is 1. The lowest BCUT2D eigenvalue weighted by Gasteiger charge is -2.23. The maximum absolute atomic E-state index is 13.0. The molecule has 0 spiro atoms. The molecule has 9 nitrogen and oxygen atoms in total. The van der Waals surface area contributed by atoms with Crippen LogP contribution in [0.15, 0.2) is 83.7 Å². The van der Waals surface area contributed by atoms with E-state index < -0.39 is 12.4 Å². The van der Waals surface area contributed by atoms with Crippen LogP contribution in [0.1, 0.15) is 50.3 Å². The van der Waals surface area contributed by atoms with Gasteiger partial charge in [0.1, 0.15) is 12.1 Å². The fraction of sp³-hybridized carbons (Fsp3) is 0.242. The molecule has 1 N–H and O–H groups in total. The zero-order chi connectivity index (χ0) is 33.2.